The van der Waals surface area contributed by atoms with Crippen molar-refractivity contribution in [2.75, 3.05) is 26.1 Å². The first-order chi connectivity index (χ1) is 6.76. The van der Waals surface area contributed by atoms with Crippen LogP contribution in [-0.4, -0.2) is 31.9 Å². The third-order valence-electron chi connectivity index (χ3n) is 1.78. The van der Waals surface area contributed by atoms with Crippen molar-refractivity contribution in [1.29, 1.82) is 0 Å². The van der Waals surface area contributed by atoms with E-state index in [4.69, 9.17) is 9.47 Å². The average Bonchev–Trinajstić information content (AvgIpc) is 2.18. The standard InChI is InChI=1S/C10H16N2O2/c1-8(7-13-2)12-9-4-10(14-3)6-11-5-9/h4-6,8,12H,7H2,1-3H3/t8-/m0/s1. The third kappa shape index (κ3) is 3.22. The lowest BCUT2D eigenvalue weighted by atomic mass is 10.3. The van der Waals surface area contributed by atoms with Crippen molar-refractivity contribution in [3.8, 4) is 5.75 Å². The van der Waals surface area contributed by atoms with Gasteiger partial charge in [-0.25, -0.2) is 0 Å². The number of methoxy groups -OCH3 is 2. The highest BCUT2D eigenvalue weighted by molar-refractivity contribution is 5.45. The molecule has 0 saturated carbocycles. The fourth-order valence-corrected chi connectivity index (χ4v) is 1.19. The molecule has 14 heavy (non-hydrogen) atoms. The number of hydrogen-bond acceptors (Lipinski definition) is 4. The van der Waals surface area contributed by atoms with Crippen molar-refractivity contribution in [3.63, 3.8) is 0 Å². The Morgan fingerprint density at radius 3 is 2.86 bits per heavy atom. The largest absolute Gasteiger partial charge is 0.495 e. The van der Waals surface area contributed by atoms with Gasteiger partial charge in [0, 0.05) is 19.2 Å². The maximum atomic E-state index is 5.06. The molecule has 4 heteroatoms. The Bertz CT molecular complexity index is 279. The van der Waals surface area contributed by atoms with Gasteiger partial charge >= 0.3 is 0 Å². The van der Waals surface area contributed by atoms with E-state index in [0.717, 1.165) is 11.4 Å². The van der Waals surface area contributed by atoms with E-state index in [1.807, 2.05) is 13.0 Å². The number of aromatic nitrogens is 1. The van der Waals surface area contributed by atoms with Gasteiger partial charge in [-0.1, -0.05) is 0 Å². The number of pyridine rings is 1. The van der Waals surface area contributed by atoms with Crippen molar-refractivity contribution < 1.29 is 9.47 Å². The molecule has 0 aliphatic rings. The molecule has 1 aromatic heterocycles. The van der Waals surface area contributed by atoms with E-state index < -0.39 is 0 Å². The van der Waals surface area contributed by atoms with E-state index in [1.165, 1.54) is 0 Å². The van der Waals surface area contributed by atoms with E-state index in [-0.39, 0.29) is 6.04 Å². The first kappa shape index (κ1) is 10.8. The molecule has 1 N–H and O–H groups in total. The minimum atomic E-state index is 0.258. The van der Waals surface area contributed by atoms with Crippen molar-refractivity contribution in [3.05, 3.63) is 18.5 Å². The molecule has 0 aromatic carbocycles. The molecule has 0 aliphatic carbocycles. The first-order valence-corrected chi connectivity index (χ1v) is 4.50. The zero-order valence-electron chi connectivity index (χ0n) is 8.78. The summed E-state index contributed by atoms with van der Waals surface area (Å²) >= 11 is 0. The molecule has 0 aliphatic heterocycles. The molecule has 1 aromatic rings. The fourth-order valence-electron chi connectivity index (χ4n) is 1.19. The van der Waals surface area contributed by atoms with Gasteiger partial charge in [0.1, 0.15) is 5.75 Å². The highest BCUT2D eigenvalue weighted by Crippen LogP contribution is 2.15. The normalized spacial score (nSPS) is 12.2. The zero-order valence-corrected chi connectivity index (χ0v) is 8.78. The van der Waals surface area contributed by atoms with Crippen LogP contribution in [0.15, 0.2) is 18.5 Å². The topological polar surface area (TPSA) is 43.4 Å². The van der Waals surface area contributed by atoms with Crippen molar-refractivity contribution in [2.24, 2.45) is 0 Å². The van der Waals surface area contributed by atoms with Crippen LogP contribution in [-0.2, 0) is 4.74 Å². The molecular weight excluding hydrogens is 180 g/mol. The lowest BCUT2D eigenvalue weighted by Crippen LogP contribution is -2.20. The van der Waals surface area contributed by atoms with Crippen LogP contribution in [0.5, 0.6) is 5.75 Å². The Labute approximate surface area is 84.3 Å². The molecule has 0 radical (unpaired) electrons. The van der Waals surface area contributed by atoms with Crippen molar-refractivity contribution >= 4 is 5.69 Å². The van der Waals surface area contributed by atoms with Gasteiger partial charge in [0.2, 0.25) is 0 Å². The number of ether oxygens (including phenoxy) is 2. The quantitative estimate of drug-likeness (QED) is 0.775. The maximum absolute atomic E-state index is 5.06. The van der Waals surface area contributed by atoms with Gasteiger partial charge < -0.3 is 14.8 Å². The van der Waals surface area contributed by atoms with E-state index in [0.29, 0.717) is 6.61 Å². The number of nitrogens with one attached hydrogen (secondary N) is 1. The van der Waals surface area contributed by atoms with E-state index in [1.54, 1.807) is 26.6 Å². The van der Waals surface area contributed by atoms with Gasteiger partial charge in [-0.3, -0.25) is 4.98 Å². The molecule has 1 rings (SSSR count). The molecule has 0 saturated heterocycles. The Balaban J connectivity index is 2.57. The van der Waals surface area contributed by atoms with Gasteiger partial charge in [0.05, 0.1) is 31.8 Å². The number of rotatable bonds is 5. The highest BCUT2D eigenvalue weighted by atomic mass is 16.5. The van der Waals surface area contributed by atoms with E-state index in [9.17, 15) is 0 Å². The molecule has 1 heterocycles. The Hall–Kier alpha value is -1.29. The van der Waals surface area contributed by atoms with Crippen LogP contribution >= 0.6 is 0 Å². The summed E-state index contributed by atoms with van der Waals surface area (Å²) in [5.74, 6) is 0.750. The van der Waals surface area contributed by atoms with Crippen LogP contribution < -0.4 is 10.1 Å². The van der Waals surface area contributed by atoms with Gasteiger partial charge in [0.25, 0.3) is 0 Å². The molecule has 0 spiro atoms. The average molecular weight is 196 g/mol. The minimum absolute atomic E-state index is 0.258. The number of hydrogen-bond donors (Lipinski definition) is 1. The lowest BCUT2D eigenvalue weighted by molar-refractivity contribution is 0.190. The fraction of sp³-hybridized carbons (Fsp3) is 0.500. The molecule has 0 fully saturated rings. The highest BCUT2D eigenvalue weighted by Gasteiger charge is 2.01. The van der Waals surface area contributed by atoms with E-state index >= 15 is 0 Å². The van der Waals surface area contributed by atoms with Crippen molar-refractivity contribution in [2.45, 2.75) is 13.0 Å². The minimum Gasteiger partial charge on any atom is -0.495 e. The maximum Gasteiger partial charge on any atom is 0.139 e. The lowest BCUT2D eigenvalue weighted by Gasteiger charge is -2.14. The SMILES string of the molecule is COC[C@H](C)Nc1cncc(OC)c1. The van der Waals surface area contributed by atoms with Crippen LogP contribution in [0.4, 0.5) is 5.69 Å². The predicted octanol–water partition coefficient (Wildman–Crippen LogP) is 1.54. The third-order valence-corrected chi connectivity index (χ3v) is 1.78. The molecule has 0 amide bonds. The summed E-state index contributed by atoms with van der Waals surface area (Å²) < 4.78 is 10.1. The van der Waals surface area contributed by atoms with Crippen LogP contribution in [0.2, 0.25) is 0 Å². The van der Waals surface area contributed by atoms with Gasteiger partial charge in [-0.05, 0) is 6.92 Å². The second kappa shape index (κ2) is 5.44. The summed E-state index contributed by atoms with van der Waals surface area (Å²) in [6.07, 6.45) is 3.43. The van der Waals surface area contributed by atoms with Crippen LogP contribution in [0, 0.1) is 0 Å². The monoisotopic (exact) mass is 196 g/mol. The summed E-state index contributed by atoms with van der Waals surface area (Å²) in [7, 11) is 3.31. The molecule has 0 bridgehead atoms. The molecule has 0 unspecified atom stereocenters. The van der Waals surface area contributed by atoms with Crippen LogP contribution in [0.25, 0.3) is 0 Å². The Kier molecular flexibility index (Phi) is 4.19. The smallest absolute Gasteiger partial charge is 0.139 e. The van der Waals surface area contributed by atoms with Crippen LogP contribution in [0.3, 0.4) is 0 Å². The summed E-state index contributed by atoms with van der Waals surface area (Å²) in [6.45, 7) is 2.71. The Morgan fingerprint density at radius 1 is 1.43 bits per heavy atom. The van der Waals surface area contributed by atoms with Gasteiger partial charge in [0.15, 0.2) is 0 Å². The zero-order chi connectivity index (χ0) is 10.4. The number of nitrogens with zero attached hydrogens (tertiary/aromatic N) is 1. The molecule has 78 valence electrons. The van der Waals surface area contributed by atoms with Gasteiger partial charge in [-0.15, -0.1) is 0 Å². The molecule has 4 nitrogen and oxygen atoms in total. The van der Waals surface area contributed by atoms with E-state index in [2.05, 4.69) is 10.3 Å². The van der Waals surface area contributed by atoms with Crippen LogP contribution in [0.1, 0.15) is 6.92 Å². The predicted molar refractivity (Wildman–Crippen MR) is 55.7 cm³/mol. The summed E-state index contributed by atoms with van der Waals surface area (Å²) in [4.78, 5) is 4.04. The second-order valence-corrected chi connectivity index (χ2v) is 3.11. The number of anilines is 1. The summed E-state index contributed by atoms with van der Waals surface area (Å²) in [5, 5.41) is 3.25. The Morgan fingerprint density at radius 2 is 2.21 bits per heavy atom. The second-order valence-electron chi connectivity index (χ2n) is 3.11. The molecule has 1 atom stereocenters. The molecular formula is C10H16N2O2. The summed E-state index contributed by atoms with van der Waals surface area (Å²) in [5.41, 5.74) is 0.939. The van der Waals surface area contributed by atoms with Crippen molar-refractivity contribution in [1.82, 2.24) is 4.98 Å². The van der Waals surface area contributed by atoms with Gasteiger partial charge in [-0.2, -0.15) is 0 Å². The first-order valence-electron chi connectivity index (χ1n) is 4.50. The summed E-state index contributed by atoms with van der Waals surface area (Å²) in [6, 6.07) is 2.16.